The van der Waals surface area contributed by atoms with Gasteiger partial charge in [-0.15, -0.1) is 0 Å². The highest BCUT2D eigenvalue weighted by Crippen LogP contribution is 2.20. The van der Waals surface area contributed by atoms with Gasteiger partial charge in [-0.05, 0) is 19.1 Å². The molecule has 0 spiro atoms. The number of thiocarbonyl (C=S) groups is 1. The van der Waals surface area contributed by atoms with Crippen molar-refractivity contribution in [2.24, 2.45) is 10.9 Å². The molecule has 0 aromatic carbocycles. The van der Waals surface area contributed by atoms with E-state index in [1.165, 1.54) is 0 Å². The SMILES string of the molecule is COC(C)(N=C=S)C(C)C. The first kappa shape index (κ1) is 9.76. The van der Waals surface area contributed by atoms with Gasteiger partial charge in [-0.2, -0.15) is 4.99 Å². The van der Waals surface area contributed by atoms with Crippen molar-refractivity contribution < 1.29 is 4.74 Å². The molecule has 0 aliphatic carbocycles. The summed E-state index contributed by atoms with van der Waals surface area (Å²) in [5, 5.41) is 2.32. The summed E-state index contributed by atoms with van der Waals surface area (Å²) < 4.78 is 5.14. The molecule has 0 N–H and O–H groups in total. The van der Waals surface area contributed by atoms with E-state index < -0.39 is 5.72 Å². The van der Waals surface area contributed by atoms with Crippen LogP contribution in [0.2, 0.25) is 0 Å². The van der Waals surface area contributed by atoms with Crippen molar-refractivity contribution >= 4 is 17.4 Å². The minimum atomic E-state index is -0.498. The Morgan fingerprint density at radius 3 is 2.20 bits per heavy atom. The van der Waals surface area contributed by atoms with Crippen LogP contribution < -0.4 is 0 Å². The van der Waals surface area contributed by atoms with Crippen molar-refractivity contribution in [3.05, 3.63) is 0 Å². The minimum Gasteiger partial charge on any atom is -0.356 e. The molecule has 0 aromatic heterocycles. The maximum absolute atomic E-state index is 5.14. The van der Waals surface area contributed by atoms with Crippen LogP contribution in [0, 0.1) is 5.92 Å². The first-order valence-electron chi connectivity index (χ1n) is 3.21. The van der Waals surface area contributed by atoms with E-state index >= 15 is 0 Å². The molecule has 1 atom stereocenters. The molecule has 1 unspecified atom stereocenters. The van der Waals surface area contributed by atoms with Crippen molar-refractivity contribution in [1.29, 1.82) is 0 Å². The normalized spacial score (nSPS) is 16.1. The molecule has 58 valence electrons. The highest BCUT2D eigenvalue weighted by atomic mass is 32.1. The van der Waals surface area contributed by atoms with Gasteiger partial charge in [-0.1, -0.05) is 13.8 Å². The second kappa shape index (κ2) is 3.81. The maximum atomic E-state index is 5.14. The van der Waals surface area contributed by atoms with Gasteiger partial charge in [0.1, 0.15) is 0 Å². The monoisotopic (exact) mass is 159 g/mol. The fourth-order valence-corrected chi connectivity index (χ4v) is 0.682. The lowest BCUT2D eigenvalue weighted by Gasteiger charge is -2.25. The van der Waals surface area contributed by atoms with Crippen molar-refractivity contribution in [1.82, 2.24) is 0 Å². The molecule has 0 heterocycles. The molecule has 0 aromatic rings. The van der Waals surface area contributed by atoms with Crippen molar-refractivity contribution in [3.63, 3.8) is 0 Å². The zero-order chi connectivity index (χ0) is 8.20. The molecule has 0 fully saturated rings. The molecule has 0 radical (unpaired) electrons. The minimum absolute atomic E-state index is 0.313. The van der Waals surface area contributed by atoms with Gasteiger partial charge in [-0.25, -0.2) is 0 Å². The Labute approximate surface area is 67.3 Å². The number of ether oxygens (including phenoxy) is 1. The largest absolute Gasteiger partial charge is 0.356 e. The highest BCUT2D eigenvalue weighted by Gasteiger charge is 2.26. The Hall–Kier alpha value is -0.240. The molecule has 0 aliphatic heterocycles. The summed E-state index contributed by atoms with van der Waals surface area (Å²) in [5.41, 5.74) is -0.498. The number of isothiocyanates is 1. The van der Waals surface area contributed by atoms with Gasteiger partial charge in [0, 0.05) is 13.0 Å². The number of hydrogen-bond acceptors (Lipinski definition) is 3. The predicted octanol–water partition coefficient (Wildman–Crippen LogP) is 2.11. The maximum Gasteiger partial charge on any atom is 0.167 e. The molecule has 3 heteroatoms. The first-order chi connectivity index (χ1) is 4.56. The molecule has 0 saturated carbocycles. The molecule has 0 bridgehead atoms. The summed E-state index contributed by atoms with van der Waals surface area (Å²) in [7, 11) is 1.62. The van der Waals surface area contributed by atoms with Crippen LogP contribution in [-0.2, 0) is 4.74 Å². The van der Waals surface area contributed by atoms with Gasteiger partial charge in [0.25, 0.3) is 0 Å². The third-order valence-corrected chi connectivity index (χ3v) is 1.84. The van der Waals surface area contributed by atoms with E-state index in [2.05, 4.69) is 22.4 Å². The lowest BCUT2D eigenvalue weighted by Crippen LogP contribution is -2.30. The Morgan fingerprint density at radius 1 is 1.60 bits per heavy atom. The molecule has 0 saturated heterocycles. The smallest absolute Gasteiger partial charge is 0.167 e. The van der Waals surface area contributed by atoms with Gasteiger partial charge < -0.3 is 4.74 Å². The average Bonchev–Trinajstić information content (AvgIpc) is 1.88. The quantitative estimate of drug-likeness (QED) is 0.464. The molecule has 0 amide bonds. The van der Waals surface area contributed by atoms with Gasteiger partial charge in [0.2, 0.25) is 0 Å². The first-order valence-corrected chi connectivity index (χ1v) is 3.62. The van der Waals surface area contributed by atoms with Gasteiger partial charge in [-0.3, -0.25) is 0 Å². The molecule has 2 nitrogen and oxygen atoms in total. The van der Waals surface area contributed by atoms with E-state index in [-0.39, 0.29) is 0 Å². The van der Waals surface area contributed by atoms with Crippen LogP contribution in [0.25, 0.3) is 0 Å². The third kappa shape index (κ3) is 2.18. The topological polar surface area (TPSA) is 21.6 Å². The van der Waals surface area contributed by atoms with Gasteiger partial charge in [0.05, 0.1) is 5.16 Å². The van der Waals surface area contributed by atoms with Crippen LogP contribution in [0.3, 0.4) is 0 Å². The van der Waals surface area contributed by atoms with E-state index in [1.807, 2.05) is 20.8 Å². The second-order valence-corrected chi connectivity index (χ2v) is 2.80. The van der Waals surface area contributed by atoms with Crippen LogP contribution in [0.4, 0.5) is 0 Å². The Morgan fingerprint density at radius 2 is 2.10 bits per heavy atom. The average molecular weight is 159 g/mol. The summed E-state index contributed by atoms with van der Waals surface area (Å²) in [6, 6.07) is 0. The molecule has 0 aliphatic rings. The van der Waals surface area contributed by atoms with Crippen molar-refractivity contribution in [3.8, 4) is 0 Å². The van der Waals surface area contributed by atoms with Gasteiger partial charge in [0.15, 0.2) is 5.72 Å². The fourth-order valence-electron chi connectivity index (χ4n) is 0.501. The van der Waals surface area contributed by atoms with Crippen LogP contribution in [0.1, 0.15) is 20.8 Å². The van der Waals surface area contributed by atoms with Crippen LogP contribution in [0.15, 0.2) is 4.99 Å². The number of aliphatic imine (C=N–C) groups is 1. The summed E-state index contributed by atoms with van der Waals surface area (Å²) in [6.45, 7) is 5.94. The van der Waals surface area contributed by atoms with Crippen molar-refractivity contribution in [2.45, 2.75) is 26.5 Å². The Balaban J connectivity index is 4.37. The molecule has 10 heavy (non-hydrogen) atoms. The molecular weight excluding hydrogens is 146 g/mol. The van der Waals surface area contributed by atoms with E-state index in [1.54, 1.807) is 7.11 Å². The molecule has 0 rings (SSSR count). The van der Waals surface area contributed by atoms with E-state index in [0.717, 1.165) is 0 Å². The molecular formula is C7H13NOS. The van der Waals surface area contributed by atoms with Crippen LogP contribution in [-0.4, -0.2) is 18.0 Å². The highest BCUT2D eigenvalue weighted by molar-refractivity contribution is 7.78. The van der Waals surface area contributed by atoms with Gasteiger partial charge >= 0.3 is 0 Å². The Bertz CT molecular complexity index is 152. The van der Waals surface area contributed by atoms with E-state index in [9.17, 15) is 0 Å². The lowest BCUT2D eigenvalue weighted by molar-refractivity contribution is -0.0234. The number of methoxy groups -OCH3 is 1. The number of rotatable bonds is 3. The summed E-state index contributed by atoms with van der Waals surface area (Å²) in [5.74, 6) is 0.313. The number of nitrogens with zero attached hydrogens (tertiary/aromatic N) is 1. The predicted molar refractivity (Wildman–Crippen MR) is 45.3 cm³/mol. The summed E-state index contributed by atoms with van der Waals surface area (Å²) in [6.07, 6.45) is 0. The number of hydrogen-bond donors (Lipinski definition) is 0. The third-order valence-electron chi connectivity index (χ3n) is 1.75. The van der Waals surface area contributed by atoms with E-state index in [4.69, 9.17) is 4.74 Å². The zero-order valence-electron chi connectivity index (χ0n) is 6.84. The Kier molecular flexibility index (Phi) is 3.72. The summed E-state index contributed by atoms with van der Waals surface area (Å²) in [4.78, 5) is 3.92. The van der Waals surface area contributed by atoms with Crippen LogP contribution >= 0.6 is 12.2 Å². The zero-order valence-corrected chi connectivity index (χ0v) is 7.66. The standard InChI is InChI=1S/C7H13NOS/c1-6(2)7(3,9-4)8-5-10/h6H,1-4H3. The second-order valence-electron chi connectivity index (χ2n) is 2.62. The summed E-state index contributed by atoms with van der Waals surface area (Å²) >= 11 is 4.49. The van der Waals surface area contributed by atoms with Crippen molar-refractivity contribution in [2.75, 3.05) is 7.11 Å². The lowest BCUT2D eigenvalue weighted by atomic mass is 10.0. The van der Waals surface area contributed by atoms with E-state index in [0.29, 0.717) is 5.92 Å². The van der Waals surface area contributed by atoms with Crippen LogP contribution in [0.5, 0.6) is 0 Å². The fraction of sp³-hybridized carbons (Fsp3) is 0.857.